The zero-order valence-electron chi connectivity index (χ0n) is 4.23. The van der Waals surface area contributed by atoms with E-state index in [2.05, 4.69) is 0 Å². The first-order valence-electron chi connectivity index (χ1n) is 1.26. The van der Waals surface area contributed by atoms with Crippen LogP contribution in [0.5, 0.6) is 0 Å². The van der Waals surface area contributed by atoms with Crippen molar-refractivity contribution in [2.75, 3.05) is 0 Å². The third kappa shape index (κ3) is 690000. The molecular formula is C2H2O6Sr. The molecule has 0 aromatic rings. The van der Waals surface area contributed by atoms with Crippen LogP contribution in [0.3, 0.4) is 0 Å². The van der Waals surface area contributed by atoms with Crippen LogP contribution < -0.4 is 10.2 Å². The van der Waals surface area contributed by atoms with E-state index < -0.39 is 12.3 Å². The first kappa shape index (κ1) is 16.0. The molecule has 0 radical (unpaired) electrons. The monoisotopic (exact) mass is 210 g/mol. The Hall–Kier alpha value is 0.0205. The number of hydrogen-bond acceptors (Lipinski definition) is 4. The molecule has 0 saturated carbocycles. The molecule has 0 aliphatic rings. The number of carbonyl (C=O) groups is 2. The Morgan fingerprint density at radius 2 is 1.00 bits per heavy atom. The van der Waals surface area contributed by atoms with Gasteiger partial charge in [-0.05, 0) is 0 Å². The van der Waals surface area contributed by atoms with E-state index in [-0.39, 0.29) is 45.5 Å². The summed E-state index contributed by atoms with van der Waals surface area (Å²) in [5, 5.41) is 30.6. The summed E-state index contributed by atoms with van der Waals surface area (Å²) in [6.45, 7) is 0. The first-order chi connectivity index (χ1) is 3.46. The van der Waals surface area contributed by atoms with Crippen molar-refractivity contribution in [3.8, 4) is 0 Å². The largest absolute Gasteiger partial charge is 2.00 e. The van der Waals surface area contributed by atoms with Crippen LogP contribution in [0.15, 0.2) is 0 Å². The number of rotatable bonds is 0. The fourth-order valence-corrected chi connectivity index (χ4v) is 0. The fourth-order valence-electron chi connectivity index (χ4n) is 0. The van der Waals surface area contributed by atoms with E-state index in [1.165, 1.54) is 0 Å². The van der Waals surface area contributed by atoms with Gasteiger partial charge in [0.15, 0.2) is 0 Å². The Balaban J connectivity index is -0.0000000720. The average Bonchev–Trinajstić information content (AvgIpc) is 1.25. The molecule has 0 atom stereocenters. The van der Waals surface area contributed by atoms with Gasteiger partial charge in [-0.25, -0.2) is 0 Å². The molecule has 0 heterocycles. The molecular weight excluding hydrogens is 208 g/mol. The van der Waals surface area contributed by atoms with Crippen molar-refractivity contribution in [2.24, 2.45) is 0 Å². The average molecular weight is 210 g/mol. The molecule has 0 unspecified atom stereocenters. The molecule has 0 saturated heterocycles. The van der Waals surface area contributed by atoms with Gasteiger partial charge in [-0.1, -0.05) is 0 Å². The summed E-state index contributed by atoms with van der Waals surface area (Å²) in [4.78, 5) is 16.9. The van der Waals surface area contributed by atoms with E-state index in [0.29, 0.717) is 0 Å². The van der Waals surface area contributed by atoms with Crippen molar-refractivity contribution < 1.29 is 30.0 Å². The van der Waals surface area contributed by atoms with Crippen LogP contribution in [-0.2, 0) is 0 Å². The van der Waals surface area contributed by atoms with Crippen LogP contribution in [0.2, 0.25) is 0 Å². The van der Waals surface area contributed by atoms with Crippen LogP contribution in [0.1, 0.15) is 0 Å². The van der Waals surface area contributed by atoms with E-state index in [1.807, 2.05) is 0 Å². The van der Waals surface area contributed by atoms with Crippen LogP contribution >= 0.6 is 0 Å². The third-order valence-electron chi connectivity index (χ3n) is 0. The van der Waals surface area contributed by atoms with Gasteiger partial charge in [-0.3, -0.25) is 0 Å². The summed E-state index contributed by atoms with van der Waals surface area (Å²) in [6, 6.07) is 0. The van der Waals surface area contributed by atoms with Crippen molar-refractivity contribution in [1.82, 2.24) is 0 Å². The second-order valence-corrected chi connectivity index (χ2v) is 0.532. The molecule has 0 bridgehead atoms. The second-order valence-electron chi connectivity index (χ2n) is 0.532. The van der Waals surface area contributed by atoms with E-state index in [0.717, 1.165) is 0 Å². The second kappa shape index (κ2) is 10.9. The Labute approximate surface area is 87.0 Å². The molecule has 0 aromatic heterocycles. The van der Waals surface area contributed by atoms with E-state index >= 15 is 0 Å². The van der Waals surface area contributed by atoms with E-state index in [1.54, 1.807) is 0 Å². The molecule has 0 fully saturated rings. The minimum absolute atomic E-state index is 0. The smallest absolute Gasteiger partial charge is 0.565 e. The van der Waals surface area contributed by atoms with E-state index in [4.69, 9.17) is 30.0 Å². The van der Waals surface area contributed by atoms with Crippen molar-refractivity contribution >= 4 is 57.8 Å². The van der Waals surface area contributed by atoms with Gasteiger partial charge in [0, 0.05) is 0 Å². The van der Waals surface area contributed by atoms with E-state index in [9.17, 15) is 0 Å². The molecule has 48 valence electrons. The van der Waals surface area contributed by atoms with Crippen molar-refractivity contribution in [3.05, 3.63) is 0 Å². The molecule has 0 spiro atoms. The predicted molar refractivity (Wildman–Crippen MR) is 21.8 cm³/mol. The van der Waals surface area contributed by atoms with Crippen LogP contribution in [0.25, 0.3) is 0 Å². The molecule has 0 rings (SSSR count). The molecule has 0 aliphatic heterocycles. The zero-order valence-corrected chi connectivity index (χ0v) is 7.71. The van der Waals surface area contributed by atoms with Crippen molar-refractivity contribution in [2.45, 2.75) is 0 Å². The summed E-state index contributed by atoms with van der Waals surface area (Å²) < 4.78 is 0. The van der Waals surface area contributed by atoms with Crippen molar-refractivity contribution in [3.63, 3.8) is 0 Å². The third-order valence-corrected chi connectivity index (χ3v) is 0. The molecule has 9 heavy (non-hydrogen) atoms. The number of carboxylic acid groups (broad SMARTS) is 4. The Morgan fingerprint density at radius 3 is 1.00 bits per heavy atom. The van der Waals surface area contributed by atoms with Gasteiger partial charge >= 0.3 is 45.5 Å². The van der Waals surface area contributed by atoms with Gasteiger partial charge in [0.25, 0.3) is 0 Å². The summed E-state index contributed by atoms with van der Waals surface area (Å²) in [5.41, 5.74) is 0. The summed E-state index contributed by atoms with van der Waals surface area (Å²) in [7, 11) is 0. The van der Waals surface area contributed by atoms with Crippen LogP contribution in [0, 0.1) is 0 Å². The van der Waals surface area contributed by atoms with Gasteiger partial charge in [0.05, 0.1) is 0 Å². The maximum absolute atomic E-state index is 8.44. The minimum Gasteiger partial charge on any atom is -0.565 e. The molecule has 7 heteroatoms. The van der Waals surface area contributed by atoms with Gasteiger partial charge < -0.3 is 30.0 Å². The SMILES string of the molecule is O=C([O-])O.O=C([O-])O.[Sr+2]. The van der Waals surface area contributed by atoms with Crippen LogP contribution in [0.4, 0.5) is 9.59 Å². The molecule has 2 N–H and O–H groups in total. The molecule has 6 nitrogen and oxygen atoms in total. The van der Waals surface area contributed by atoms with Crippen molar-refractivity contribution in [1.29, 1.82) is 0 Å². The normalized spacial score (nSPS) is 5.33. The molecule has 0 amide bonds. The van der Waals surface area contributed by atoms with Crippen LogP contribution in [-0.4, -0.2) is 68.0 Å². The Morgan fingerprint density at radius 1 is 1.00 bits per heavy atom. The first-order valence-corrected chi connectivity index (χ1v) is 1.26. The van der Waals surface area contributed by atoms with Gasteiger partial charge in [0.2, 0.25) is 12.3 Å². The maximum Gasteiger partial charge on any atom is 2.00 e. The molecule has 0 aliphatic carbocycles. The Bertz CT molecular complexity index is 69.1. The minimum atomic E-state index is -2.08. The molecule has 0 aromatic carbocycles. The van der Waals surface area contributed by atoms with Gasteiger partial charge in [-0.15, -0.1) is 0 Å². The number of hydrogen-bond donors (Lipinski definition) is 2. The summed E-state index contributed by atoms with van der Waals surface area (Å²) >= 11 is 0. The Kier molecular flexibility index (Phi) is 19.4. The standard InChI is InChI=1S/2CH2O3.Sr/c2*2-1(3)4;/h2*(H2,2,3,4);/q;;+2/p-2. The fraction of sp³-hybridized carbons (Fsp3) is 0. The zero-order chi connectivity index (χ0) is 7.15. The summed E-state index contributed by atoms with van der Waals surface area (Å²) in [5.74, 6) is 0. The van der Waals surface area contributed by atoms with Gasteiger partial charge in [-0.2, -0.15) is 0 Å². The summed E-state index contributed by atoms with van der Waals surface area (Å²) in [6.07, 6.45) is -4.17. The predicted octanol–water partition coefficient (Wildman–Crippen LogP) is -2.61. The maximum atomic E-state index is 8.44. The topological polar surface area (TPSA) is 121 Å². The quantitative estimate of drug-likeness (QED) is 0.422. The van der Waals surface area contributed by atoms with Gasteiger partial charge in [0.1, 0.15) is 0 Å².